The first-order valence-corrected chi connectivity index (χ1v) is 14.0. The highest BCUT2D eigenvalue weighted by atomic mass is 32.2. The number of allylic oxidation sites excluding steroid dienone is 2. The SMILES string of the molecule is CCCCOC(=O)C1C(C)=NC2=C(C(=O)C[C@H](c3ccc(OC)c(OC)c3)C2)[C@@H]1c1ccc(SC)cc1. The van der Waals surface area contributed by atoms with Crippen molar-refractivity contribution in [2.45, 2.75) is 56.3 Å². The van der Waals surface area contributed by atoms with Crippen molar-refractivity contribution < 1.29 is 23.8 Å². The number of unbranched alkanes of at least 4 members (excludes halogenated alkanes) is 1. The average Bonchev–Trinajstić information content (AvgIpc) is 2.91. The predicted octanol–water partition coefficient (Wildman–Crippen LogP) is 6.34. The van der Waals surface area contributed by atoms with Crippen molar-refractivity contribution in [2.75, 3.05) is 27.1 Å². The van der Waals surface area contributed by atoms with Crippen molar-refractivity contribution in [3.8, 4) is 11.5 Å². The first kappa shape index (κ1) is 27.0. The highest BCUT2D eigenvalue weighted by Gasteiger charge is 2.44. The number of carbonyl (C=O) groups excluding carboxylic acids is 2. The molecule has 0 amide bonds. The quantitative estimate of drug-likeness (QED) is 0.218. The molecule has 1 aliphatic heterocycles. The summed E-state index contributed by atoms with van der Waals surface area (Å²) in [5.41, 5.74) is 4.06. The summed E-state index contributed by atoms with van der Waals surface area (Å²) in [6, 6.07) is 13.9. The van der Waals surface area contributed by atoms with E-state index in [0.29, 0.717) is 42.2 Å². The molecule has 0 saturated heterocycles. The monoisotopic (exact) mass is 521 g/mol. The van der Waals surface area contributed by atoms with Crippen LogP contribution in [0, 0.1) is 5.92 Å². The molecular formula is C30H35NO5S. The summed E-state index contributed by atoms with van der Waals surface area (Å²) in [6.07, 6.45) is 4.74. The minimum absolute atomic E-state index is 0.0302. The molecule has 2 aromatic carbocycles. The van der Waals surface area contributed by atoms with Gasteiger partial charge in [-0.25, -0.2) is 0 Å². The van der Waals surface area contributed by atoms with E-state index in [-0.39, 0.29) is 17.7 Å². The zero-order valence-corrected chi connectivity index (χ0v) is 23.0. The summed E-state index contributed by atoms with van der Waals surface area (Å²) >= 11 is 1.66. The minimum atomic E-state index is -0.614. The van der Waals surface area contributed by atoms with Crippen LogP contribution in [0.3, 0.4) is 0 Å². The van der Waals surface area contributed by atoms with Crippen molar-refractivity contribution in [3.63, 3.8) is 0 Å². The van der Waals surface area contributed by atoms with Crippen LogP contribution in [0.5, 0.6) is 11.5 Å². The lowest BCUT2D eigenvalue weighted by atomic mass is 9.69. The summed E-state index contributed by atoms with van der Waals surface area (Å²) in [5, 5.41) is 0. The number of methoxy groups -OCH3 is 2. The number of hydrogen-bond donors (Lipinski definition) is 0. The van der Waals surface area contributed by atoms with Crippen LogP contribution in [0.4, 0.5) is 0 Å². The van der Waals surface area contributed by atoms with Gasteiger partial charge in [0.1, 0.15) is 5.92 Å². The molecule has 2 aromatic rings. The maximum absolute atomic E-state index is 13.8. The molecule has 0 aromatic heterocycles. The lowest BCUT2D eigenvalue weighted by Crippen LogP contribution is -2.38. The number of ketones is 1. The second-order valence-corrected chi connectivity index (χ2v) is 10.4. The van der Waals surface area contributed by atoms with E-state index in [2.05, 4.69) is 6.92 Å². The first-order chi connectivity index (χ1) is 17.9. The summed E-state index contributed by atoms with van der Waals surface area (Å²) in [5.74, 6) is -0.0447. The zero-order chi connectivity index (χ0) is 26.5. The number of thioether (sulfide) groups is 1. The Kier molecular flexibility index (Phi) is 8.75. The molecule has 3 atom stereocenters. The van der Waals surface area contributed by atoms with Crippen molar-refractivity contribution in [2.24, 2.45) is 10.9 Å². The maximum Gasteiger partial charge on any atom is 0.315 e. The van der Waals surface area contributed by atoms with Gasteiger partial charge in [0.05, 0.1) is 20.8 Å². The molecule has 1 aliphatic carbocycles. The largest absolute Gasteiger partial charge is 0.493 e. The number of carbonyl (C=O) groups is 2. The van der Waals surface area contributed by atoms with Gasteiger partial charge in [0, 0.05) is 34.2 Å². The van der Waals surface area contributed by atoms with E-state index in [1.165, 1.54) is 0 Å². The highest BCUT2D eigenvalue weighted by Crippen LogP contribution is 2.47. The molecule has 196 valence electrons. The van der Waals surface area contributed by atoms with E-state index in [9.17, 15) is 9.59 Å². The average molecular weight is 522 g/mol. The molecule has 37 heavy (non-hydrogen) atoms. The van der Waals surface area contributed by atoms with Crippen LogP contribution in [0.25, 0.3) is 0 Å². The fraction of sp³-hybridized carbons (Fsp3) is 0.433. The van der Waals surface area contributed by atoms with Gasteiger partial charge in [0.15, 0.2) is 17.3 Å². The molecule has 0 saturated carbocycles. The van der Waals surface area contributed by atoms with Crippen LogP contribution in [0.2, 0.25) is 0 Å². The Morgan fingerprint density at radius 3 is 2.38 bits per heavy atom. The van der Waals surface area contributed by atoms with Gasteiger partial charge in [-0.05, 0) is 67.3 Å². The molecule has 0 N–H and O–H groups in total. The summed E-state index contributed by atoms with van der Waals surface area (Å²) in [7, 11) is 3.21. The fourth-order valence-electron chi connectivity index (χ4n) is 5.29. The Hall–Kier alpha value is -3.06. The molecule has 7 heteroatoms. The number of esters is 1. The zero-order valence-electron chi connectivity index (χ0n) is 22.2. The molecule has 1 unspecified atom stereocenters. The summed E-state index contributed by atoms with van der Waals surface area (Å²) in [6.45, 7) is 4.31. The molecule has 1 heterocycles. The van der Waals surface area contributed by atoms with Crippen LogP contribution in [0.1, 0.15) is 62.5 Å². The van der Waals surface area contributed by atoms with Crippen molar-refractivity contribution in [1.29, 1.82) is 0 Å². The Morgan fingerprint density at radius 2 is 1.73 bits per heavy atom. The van der Waals surface area contributed by atoms with Gasteiger partial charge in [-0.3, -0.25) is 14.6 Å². The molecule has 0 spiro atoms. The summed E-state index contributed by atoms with van der Waals surface area (Å²) in [4.78, 5) is 33.1. The number of Topliss-reactive ketones (excluding diaryl/α,β-unsaturated/α-hetero) is 1. The highest BCUT2D eigenvalue weighted by molar-refractivity contribution is 7.98. The number of aliphatic imine (C=N–C) groups is 1. The van der Waals surface area contributed by atoms with E-state index >= 15 is 0 Å². The van der Waals surface area contributed by atoms with Gasteiger partial charge in [-0.1, -0.05) is 31.5 Å². The molecule has 6 nitrogen and oxygen atoms in total. The Balaban J connectivity index is 1.73. The topological polar surface area (TPSA) is 74.2 Å². The third-order valence-electron chi connectivity index (χ3n) is 7.24. The van der Waals surface area contributed by atoms with Gasteiger partial charge in [0.2, 0.25) is 0 Å². The number of benzene rings is 2. The normalized spacial score (nSPS) is 21.3. The Bertz CT molecular complexity index is 1220. The lowest BCUT2D eigenvalue weighted by molar-refractivity contribution is -0.146. The second-order valence-electron chi connectivity index (χ2n) is 9.51. The molecule has 2 aliphatic rings. The number of hydrogen-bond acceptors (Lipinski definition) is 7. The fourth-order valence-corrected chi connectivity index (χ4v) is 5.69. The van der Waals surface area contributed by atoms with E-state index in [4.69, 9.17) is 19.2 Å². The number of rotatable bonds is 9. The molecule has 0 radical (unpaired) electrons. The van der Waals surface area contributed by atoms with Crippen molar-refractivity contribution in [1.82, 2.24) is 0 Å². The van der Waals surface area contributed by atoms with Crippen LogP contribution in [0.15, 0.2) is 63.6 Å². The van der Waals surface area contributed by atoms with Crippen LogP contribution >= 0.6 is 11.8 Å². The van der Waals surface area contributed by atoms with Crippen LogP contribution in [-0.2, 0) is 14.3 Å². The van der Waals surface area contributed by atoms with E-state index in [0.717, 1.165) is 34.6 Å². The number of nitrogens with zero attached hydrogens (tertiary/aromatic N) is 1. The third-order valence-corrected chi connectivity index (χ3v) is 7.98. The van der Waals surface area contributed by atoms with Crippen molar-refractivity contribution >= 4 is 29.2 Å². The molecule has 4 rings (SSSR count). The molecule has 0 fully saturated rings. The summed E-state index contributed by atoms with van der Waals surface area (Å²) < 4.78 is 16.5. The van der Waals surface area contributed by atoms with Gasteiger partial charge in [-0.2, -0.15) is 0 Å². The van der Waals surface area contributed by atoms with Crippen molar-refractivity contribution in [3.05, 3.63) is 64.9 Å². The van der Waals surface area contributed by atoms with E-state index in [1.54, 1.807) is 26.0 Å². The van der Waals surface area contributed by atoms with E-state index < -0.39 is 11.8 Å². The Labute approximate surface area is 223 Å². The third kappa shape index (κ3) is 5.61. The van der Waals surface area contributed by atoms with Crippen LogP contribution in [-0.4, -0.2) is 44.5 Å². The molecule has 0 bridgehead atoms. The van der Waals surface area contributed by atoms with Crippen LogP contribution < -0.4 is 9.47 Å². The predicted molar refractivity (Wildman–Crippen MR) is 147 cm³/mol. The van der Waals surface area contributed by atoms with Gasteiger partial charge in [0.25, 0.3) is 0 Å². The maximum atomic E-state index is 13.8. The standard InChI is InChI=1S/C30H35NO5S/c1-6-7-14-36-30(33)27-18(2)31-23-15-21(20-10-13-25(34-3)26(17-20)35-4)16-24(32)29(23)28(27)19-8-11-22(37-5)12-9-19/h8-13,17,21,27-28H,6-7,14-16H2,1-5H3/t21-,27?,28-/m1/s1. The molecular weight excluding hydrogens is 486 g/mol. The number of ether oxygens (including phenoxy) is 3. The van der Waals surface area contributed by atoms with Gasteiger partial charge >= 0.3 is 5.97 Å². The minimum Gasteiger partial charge on any atom is -0.493 e. The van der Waals surface area contributed by atoms with Gasteiger partial charge in [-0.15, -0.1) is 11.8 Å². The van der Waals surface area contributed by atoms with E-state index in [1.807, 2.05) is 55.6 Å². The smallest absolute Gasteiger partial charge is 0.315 e. The first-order valence-electron chi connectivity index (χ1n) is 12.8. The second kappa shape index (κ2) is 12.0. The Morgan fingerprint density at radius 1 is 1.03 bits per heavy atom. The van der Waals surface area contributed by atoms with Gasteiger partial charge < -0.3 is 14.2 Å². The lowest BCUT2D eigenvalue weighted by Gasteiger charge is -2.36.